The molecule has 0 bridgehead atoms. The maximum atomic E-state index is 11.9. The minimum absolute atomic E-state index is 0.148. The molecule has 5 nitrogen and oxygen atoms in total. The highest BCUT2D eigenvalue weighted by Gasteiger charge is 2.13. The molecule has 0 saturated heterocycles. The molecule has 3 N–H and O–H groups in total. The SMILES string of the molecule is Cn1nccc1CNC(=O)[C@@H](N)Cc1ccccc1. The van der Waals surface area contributed by atoms with Gasteiger partial charge in [0.1, 0.15) is 0 Å². The summed E-state index contributed by atoms with van der Waals surface area (Å²) in [5.41, 5.74) is 7.90. The second kappa shape index (κ2) is 6.15. The Morgan fingerprint density at radius 1 is 1.37 bits per heavy atom. The van der Waals surface area contributed by atoms with Crippen LogP contribution in [0.3, 0.4) is 0 Å². The fourth-order valence-electron chi connectivity index (χ4n) is 1.84. The normalized spacial score (nSPS) is 12.1. The first-order valence-corrected chi connectivity index (χ1v) is 6.21. The summed E-state index contributed by atoms with van der Waals surface area (Å²) in [5.74, 6) is -0.148. The van der Waals surface area contributed by atoms with Crippen molar-refractivity contribution in [1.29, 1.82) is 0 Å². The first-order chi connectivity index (χ1) is 9.16. The standard InChI is InChI=1S/C14H18N4O/c1-18-12(7-8-17-18)10-16-14(19)13(15)9-11-5-3-2-4-6-11/h2-8,13H,9-10,15H2,1H3,(H,16,19)/t13-/m0/s1. The summed E-state index contributed by atoms with van der Waals surface area (Å²) in [6.45, 7) is 0.442. The third-order valence-corrected chi connectivity index (χ3v) is 3.00. The number of hydrogen-bond donors (Lipinski definition) is 2. The molecular weight excluding hydrogens is 240 g/mol. The molecule has 0 fully saturated rings. The molecule has 1 atom stereocenters. The molecule has 0 aliphatic rings. The summed E-state index contributed by atoms with van der Waals surface area (Å²) < 4.78 is 1.73. The van der Waals surface area contributed by atoms with Crippen LogP contribution >= 0.6 is 0 Å². The number of carbonyl (C=O) groups excluding carboxylic acids is 1. The lowest BCUT2D eigenvalue weighted by Gasteiger charge is -2.12. The maximum Gasteiger partial charge on any atom is 0.237 e. The highest BCUT2D eigenvalue weighted by Crippen LogP contribution is 2.02. The van der Waals surface area contributed by atoms with E-state index in [2.05, 4.69) is 10.4 Å². The van der Waals surface area contributed by atoms with Gasteiger partial charge in [0.2, 0.25) is 5.91 Å². The molecule has 0 aliphatic heterocycles. The monoisotopic (exact) mass is 258 g/mol. The molecule has 0 aliphatic carbocycles. The summed E-state index contributed by atoms with van der Waals surface area (Å²) in [5, 5.41) is 6.86. The van der Waals surface area contributed by atoms with Crippen LogP contribution in [-0.2, 0) is 24.8 Å². The van der Waals surface area contributed by atoms with Crippen LogP contribution < -0.4 is 11.1 Å². The highest BCUT2D eigenvalue weighted by molar-refractivity contribution is 5.81. The second-order valence-corrected chi connectivity index (χ2v) is 4.46. The van der Waals surface area contributed by atoms with Crippen molar-refractivity contribution in [3.05, 3.63) is 53.9 Å². The van der Waals surface area contributed by atoms with E-state index in [1.807, 2.05) is 43.4 Å². The van der Waals surface area contributed by atoms with Crippen LogP contribution in [0.2, 0.25) is 0 Å². The Hall–Kier alpha value is -2.14. The molecule has 2 aromatic rings. The van der Waals surface area contributed by atoms with Crippen LogP contribution in [0.25, 0.3) is 0 Å². The largest absolute Gasteiger partial charge is 0.349 e. The maximum absolute atomic E-state index is 11.9. The molecule has 1 aromatic carbocycles. The van der Waals surface area contributed by atoms with Crippen molar-refractivity contribution in [1.82, 2.24) is 15.1 Å². The van der Waals surface area contributed by atoms with Gasteiger partial charge in [-0.25, -0.2) is 0 Å². The molecule has 19 heavy (non-hydrogen) atoms. The number of rotatable bonds is 5. The lowest BCUT2D eigenvalue weighted by Crippen LogP contribution is -2.41. The predicted molar refractivity (Wildman–Crippen MR) is 73.2 cm³/mol. The van der Waals surface area contributed by atoms with Gasteiger partial charge in [-0.05, 0) is 18.1 Å². The van der Waals surface area contributed by atoms with Crippen LogP contribution in [0, 0.1) is 0 Å². The third kappa shape index (κ3) is 3.66. The van der Waals surface area contributed by atoms with E-state index < -0.39 is 6.04 Å². The Labute approximate surface area is 112 Å². The number of nitrogens with one attached hydrogen (secondary N) is 1. The van der Waals surface area contributed by atoms with Gasteiger partial charge in [0.25, 0.3) is 0 Å². The molecule has 1 amide bonds. The third-order valence-electron chi connectivity index (χ3n) is 3.00. The van der Waals surface area contributed by atoms with E-state index >= 15 is 0 Å². The van der Waals surface area contributed by atoms with E-state index in [0.29, 0.717) is 13.0 Å². The number of carbonyl (C=O) groups is 1. The van der Waals surface area contributed by atoms with Gasteiger partial charge in [-0.2, -0.15) is 5.10 Å². The summed E-state index contributed by atoms with van der Waals surface area (Å²) in [7, 11) is 1.84. The highest BCUT2D eigenvalue weighted by atomic mass is 16.2. The number of nitrogens with two attached hydrogens (primary N) is 1. The van der Waals surface area contributed by atoms with E-state index in [1.54, 1.807) is 10.9 Å². The Morgan fingerprint density at radius 2 is 2.11 bits per heavy atom. The Kier molecular flexibility index (Phi) is 4.30. The number of hydrogen-bond acceptors (Lipinski definition) is 3. The smallest absolute Gasteiger partial charge is 0.237 e. The first-order valence-electron chi connectivity index (χ1n) is 6.21. The number of aryl methyl sites for hydroxylation is 1. The van der Waals surface area contributed by atoms with Crippen LogP contribution in [0.5, 0.6) is 0 Å². The molecule has 0 radical (unpaired) electrons. The molecule has 0 saturated carbocycles. The van der Waals surface area contributed by atoms with Crippen molar-refractivity contribution in [3.8, 4) is 0 Å². The van der Waals surface area contributed by atoms with E-state index in [-0.39, 0.29) is 5.91 Å². The van der Waals surface area contributed by atoms with Crippen molar-refractivity contribution < 1.29 is 4.79 Å². The van der Waals surface area contributed by atoms with Crippen molar-refractivity contribution in [2.75, 3.05) is 0 Å². The average Bonchev–Trinajstić information content (AvgIpc) is 2.82. The van der Waals surface area contributed by atoms with E-state index in [9.17, 15) is 4.79 Å². The zero-order chi connectivity index (χ0) is 13.7. The Balaban J connectivity index is 1.84. The minimum Gasteiger partial charge on any atom is -0.349 e. The molecule has 2 rings (SSSR count). The molecule has 0 unspecified atom stereocenters. The minimum atomic E-state index is -0.532. The van der Waals surface area contributed by atoms with Crippen molar-refractivity contribution >= 4 is 5.91 Å². The fourth-order valence-corrected chi connectivity index (χ4v) is 1.84. The average molecular weight is 258 g/mol. The zero-order valence-electron chi connectivity index (χ0n) is 10.9. The first kappa shape index (κ1) is 13.3. The zero-order valence-corrected chi connectivity index (χ0v) is 10.9. The van der Waals surface area contributed by atoms with Gasteiger partial charge in [-0.15, -0.1) is 0 Å². The summed E-state index contributed by atoms with van der Waals surface area (Å²) in [4.78, 5) is 11.9. The van der Waals surface area contributed by atoms with Gasteiger partial charge in [0, 0.05) is 13.2 Å². The lowest BCUT2D eigenvalue weighted by atomic mass is 10.1. The van der Waals surface area contributed by atoms with Crippen molar-refractivity contribution in [2.45, 2.75) is 19.0 Å². The van der Waals surface area contributed by atoms with E-state index in [0.717, 1.165) is 11.3 Å². The van der Waals surface area contributed by atoms with E-state index in [4.69, 9.17) is 5.73 Å². The summed E-state index contributed by atoms with van der Waals surface area (Å²) in [6.07, 6.45) is 2.24. The van der Waals surface area contributed by atoms with Gasteiger partial charge in [0.15, 0.2) is 0 Å². The second-order valence-electron chi connectivity index (χ2n) is 4.46. The van der Waals surface area contributed by atoms with Crippen LogP contribution in [-0.4, -0.2) is 21.7 Å². The van der Waals surface area contributed by atoms with Gasteiger partial charge in [-0.3, -0.25) is 9.48 Å². The van der Waals surface area contributed by atoms with Gasteiger partial charge >= 0.3 is 0 Å². The van der Waals surface area contributed by atoms with Crippen LogP contribution in [0.15, 0.2) is 42.6 Å². The fraction of sp³-hybridized carbons (Fsp3) is 0.286. The summed E-state index contributed by atoms with van der Waals surface area (Å²) >= 11 is 0. The molecule has 1 aromatic heterocycles. The van der Waals surface area contributed by atoms with Crippen molar-refractivity contribution in [2.24, 2.45) is 12.8 Å². The molecule has 1 heterocycles. The van der Waals surface area contributed by atoms with Gasteiger partial charge in [-0.1, -0.05) is 30.3 Å². The lowest BCUT2D eigenvalue weighted by molar-refractivity contribution is -0.122. The quantitative estimate of drug-likeness (QED) is 0.825. The summed E-state index contributed by atoms with van der Waals surface area (Å²) in [6, 6.07) is 11.1. The number of nitrogens with zero attached hydrogens (tertiary/aromatic N) is 2. The van der Waals surface area contributed by atoms with E-state index in [1.165, 1.54) is 0 Å². The van der Waals surface area contributed by atoms with Gasteiger partial charge < -0.3 is 11.1 Å². The van der Waals surface area contributed by atoms with Crippen molar-refractivity contribution in [3.63, 3.8) is 0 Å². The Bertz CT molecular complexity index is 535. The van der Waals surface area contributed by atoms with Gasteiger partial charge in [0.05, 0.1) is 18.3 Å². The topological polar surface area (TPSA) is 72.9 Å². The van der Waals surface area contributed by atoms with Crippen LogP contribution in [0.1, 0.15) is 11.3 Å². The number of amides is 1. The Morgan fingerprint density at radius 3 is 2.74 bits per heavy atom. The molecule has 100 valence electrons. The molecular formula is C14H18N4O. The predicted octanol–water partition coefficient (Wildman–Crippen LogP) is 0.606. The number of aromatic nitrogens is 2. The van der Waals surface area contributed by atoms with Crippen LogP contribution in [0.4, 0.5) is 0 Å². The number of benzene rings is 1. The molecule has 0 spiro atoms. The molecule has 5 heteroatoms.